The monoisotopic (exact) mass is 592 g/mol. The lowest BCUT2D eigenvalue weighted by atomic mass is 9.65. The van der Waals surface area contributed by atoms with Crippen molar-refractivity contribution in [3.8, 4) is 0 Å². The highest BCUT2D eigenvalue weighted by Crippen LogP contribution is 2.52. The molecule has 3 fully saturated rings. The molecule has 3 saturated carbocycles. The Hall–Kier alpha value is -0.120. The minimum atomic E-state index is 0.355. The van der Waals surface area contributed by atoms with Gasteiger partial charge < -0.3 is 17.2 Å². The molecule has 0 aromatic rings. The SMILES string of the molecule is CC(C)(C)C1CCC(N)C1C(C)(C)C.CC(C)(C)C1CC[C@@H](N)C1C(C)(C)C.CC(C)(C)C1CC[C@H](N)C1C(C)(C)C. The van der Waals surface area contributed by atoms with Crippen LogP contribution in [0.5, 0.6) is 0 Å². The Morgan fingerprint density at radius 2 is 0.452 bits per heavy atom. The Bertz CT molecular complexity index is 692. The normalized spacial score (nSPS) is 34.9. The van der Waals surface area contributed by atoms with Crippen LogP contribution in [0, 0.1) is 68.0 Å². The lowest BCUT2D eigenvalue weighted by Gasteiger charge is -2.41. The van der Waals surface area contributed by atoms with E-state index in [1.54, 1.807) is 0 Å². The van der Waals surface area contributed by atoms with Gasteiger partial charge in [0.1, 0.15) is 0 Å². The van der Waals surface area contributed by atoms with Crippen molar-refractivity contribution in [3.05, 3.63) is 0 Å². The van der Waals surface area contributed by atoms with Crippen molar-refractivity contribution in [3.63, 3.8) is 0 Å². The average molecular weight is 592 g/mol. The van der Waals surface area contributed by atoms with E-state index < -0.39 is 0 Å². The summed E-state index contributed by atoms with van der Waals surface area (Å²) in [6.45, 7) is 42.2. The van der Waals surface area contributed by atoms with Gasteiger partial charge in [0.25, 0.3) is 0 Å². The summed E-state index contributed by atoms with van der Waals surface area (Å²) in [5.41, 5.74) is 21.0. The fourth-order valence-electron chi connectivity index (χ4n) is 9.74. The molecule has 9 atom stereocenters. The summed E-state index contributed by atoms with van der Waals surface area (Å²) in [6, 6.07) is 1.25. The Balaban J connectivity index is 0.000000315. The van der Waals surface area contributed by atoms with Crippen LogP contribution in [-0.2, 0) is 0 Å². The maximum atomic E-state index is 6.25. The van der Waals surface area contributed by atoms with Gasteiger partial charge in [-0.3, -0.25) is 0 Å². The smallest absolute Gasteiger partial charge is 0.00751 e. The molecule has 6 N–H and O–H groups in total. The topological polar surface area (TPSA) is 78.1 Å². The zero-order chi connectivity index (χ0) is 33.4. The molecule has 3 heteroatoms. The molecule has 0 spiro atoms. The van der Waals surface area contributed by atoms with Crippen LogP contribution >= 0.6 is 0 Å². The van der Waals surface area contributed by atoms with E-state index in [1.165, 1.54) is 38.5 Å². The maximum Gasteiger partial charge on any atom is 0.00751 e. The molecule has 3 rings (SSSR count). The summed E-state index contributed by atoms with van der Waals surface area (Å²) >= 11 is 0. The summed E-state index contributed by atoms with van der Waals surface area (Å²) in [5, 5.41) is 0. The van der Waals surface area contributed by atoms with Gasteiger partial charge in [0.2, 0.25) is 0 Å². The van der Waals surface area contributed by atoms with Gasteiger partial charge in [-0.15, -0.1) is 0 Å². The molecular weight excluding hydrogens is 510 g/mol. The summed E-state index contributed by atoms with van der Waals surface area (Å²) in [4.78, 5) is 0. The van der Waals surface area contributed by atoms with E-state index in [4.69, 9.17) is 17.2 Å². The molecule has 252 valence electrons. The third kappa shape index (κ3) is 10.8. The van der Waals surface area contributed by atoms with Crippen LogP contribution in [0.4, 0.5) is 0 Å². The number of nitrogens with two attached hydrogens (primary N) is 3. The molecule has 0 saturated heterocycles. The van der Waals surface area contributed by atoms with Crippen LogP contribution in [0.25, 0.3) is 0 Å². The number of rotatable bonds is 0. The second-order valence-corrected chi connectivity index (χ2v) is 21.3. The molecule has 0 amide bonds. The van der Waals surface area contributed by atoms with E-state index in [0.717, 1.165) is 17.8 Å². The van der Waals surface area contributed by atoms with E-state index >= 15 is 0 Å². The first-order chi connectivity index (χ1) is 18.4. The molecule has 0 radical (unpaired) electrons. The predicted molar refractivity (Wildman–Crippen MR) is 189 cm³/mol. The Labute approximate surface area is 266 Å². The first kappa shape index (κ1) is 39.9. The molecule has 0 aromatic heterocycles. The van der Waals surface area contributed by atoms with Crippen molar-refractivity contribution >= 4 is 0 Å². The molecule has 3 nitrogen and oxygen atoms in total. The largest absolute Gasteiger partial charge is 0.327 e. The van der Waals surface area contributed by atoms with Crippen LogP contribution in [0.3, 0.4) is 0 Å². The molecule has 0 aromatic carbocycles. The quantitative estimate of drug-likeness (QED) is 0.262. The fraction of sp³-hybridized carbons (Fsp3) is 1.00. The predicted octanol–water partition coefficient (Wildman–Crippen LogP) is 10.3. The molecule has 42 heavy (non-hydrogen) atoms. The second kappa shape index (κ2) is 13.7. The molecule has 3 aliphatic rings. The molecule has 0 aliphatic heterocycles. The van der Waals surface area contributed by atoms with Crippen LogP contribution in [0.15, 0.2) is 0 Å². The lowest BCUT2D eigenvalue weighted by Crippen LogP contribution is -2.41. The van der Waals surface area contributed by atoms with Crippen LogP contribution < -0.4 is 17.2 Å². The number of hydrogen-bond donors (Lipinski definition) is 3. The third-order valence-electron chi connectivity index (χ3n) is 11.5. The van der Waals surface area contributed by atoms with Crippen molar-refractivity contribution in [1.82, 2.24) is 0 Å². The van der Waals surface area contributed by atoms with Crippen molar-refractivity contribution in [2.45, 2.75) is 181 Å². The highest BCUT2D eigenvalue weighted by molar-refractivity contribution is 4.99. The average Bonchev–Trinajstić information content (AvgIpc) is 3.42. The molecular formula is C39H81N3. The fourth-order valence-corrected chi connectivity index (χ4v) is 9.74. The van der Waals surface area contributed by atoms with Crippen LogP contribution in [0.1, 0.15) is 163 Å². The first-order valence-corrected chi connectivity index (χ1v) is 17.7. The minimum Gasteiger partial charge on any atom is -0.327 e. The lowest BCUT2D eigenvalue weighted by molar-refractivity contribution is 0.0897. The van der Waals surface area contributed by atoms with Gasteiger partial charge in [-0.25, -0.2) is 0 Å². The first-order valence-electron chi connectivity index (χ1n) is 17.7. The van der Waals surface area contributed by atoms with E-state index in [2.05, 4.69) is 125 Å². The Morgan fingerprint density at radius 3 is 0.548 bits per heavy atom. The van der Waals surface area contributed by atoms with Gasteiger partial charge in [0.05, 0.1) is 0 Å². The van der Waals surface area contributed by atoms with Crippen molar-refractivity contribution in [2.24, 2.45) is 85.2 Å². The zero-order valence-corrected chi connectivity index (χ0v) is 32.2. The molecule has 0 heterocycles. The van der Waals surface area contributed by atoms with Crippen molar-refractivity contribution in [2.75, 3.05) is 0 Å². The second-order valence-electron chi connectivity index (χ2n) is 21.3. The standard InChI is InChI=1S/3C13H27N/c3*1-12(2,3)9-7-8-10(14)11(9)13(4,5)6/h3*9-11H,7-8,14H2,1-6H3/t2*9?,10-,11?;/m10./s1. The van der Waals surface area contributed by atoms with E-state index in [9.17, 15) is 0 Å². The summed E-state index contributed by atoms with van der Waals surface area (Å²) in [6.07, 6.45) is 7.57. The number of hydrogen-bond acceptors (Lipinski definition) is 3. The molecule has 0 bridgehead atoms. The highest BCUT2D eigenvalue weighted by Gasteiger charge is 2.47. The highest BCUT2D eigenvalue weighted by atomic mass is 14.7. The van der Waals surface area contributed by atoms with Gasteiger partial charge >= 0.3 is 0 Å². The van der Waals surface area contributed by atoms with Gasteiger partial charge in [-0.1, -0.05) is 125 Å². The van der Waals surface area contributed by atoms with Gasteiger partial charge in [-0.2, -0.15) is 0 Å². The van der Waals surface area contributed by atoms with E-state index in [1.807, 2.05) is 0 Å². The zero-order valence-electron chi connectivity index (χ0n) is 32.2. The summed E-state index contributed by atoms with van der Waals surface area (Å²) in [7, 11) is 0. The van der Waals surface area contributed by atoms with Gasteiger partial charge in [0, 0.05) is 18.1 Å². The molecule has 7 unspecified atom stereocenters. The summed E-state index contributed by atoms with van der Waals surface area (Å²) in [5.74, 6) is 4.42. The van der Waals surface area contributed by atoms with Gasteiger partial charge in [0.15, 0.2) is 0 Å². The van der Waals surface area contributed by atoms with Crippen LogP contribution in [-0.4, -0.2) is 18.1 Å². The Morgan fingerprint density at radius 1 is 0.286 bits per heavy atom. The third-order valence-corrected chi connectivity index (χ3v) is 11.5. The maximum absolute atomic E-state index is 6.25. The van der Waals surface area contributed by atoms with Crippen molar-refractivity contribution < 1.29 is 0 Å². The van der Waals surface area contributed by atoms with E-state index in [-0.39, 0.29) is 0 Å². The van der Waals surface area contributed by atoms with E-state index in [0.29, 0.717) is 68.4 Å². The summed E-state index contributed by atoms with van der Waals surface area (Å²) < 4.78 is 0. The van der Waals surface area contributed by atoms with Crippen molar-refractivity contribution in [1.29, 1.82) is 0 Å². The molecule has 3 aliphatic carbocycles. The minimum absolute atomic E-state index is 0.355. The van der Waals surface area contributed by atoms with Crippen LogP contribution in [0.2, 0.25) is 0 Å². The van der Waals surface area contributed by atoms with Gasteiger partial charge in [-0.05, 0) is 107 Å². The Kier molecular flexibility index (Phi) is 13.0.